The van der Waals surface area contributed by atoms with Crippen molar-refractivity contribution < 1.29 is 9.53 Å². The summed E-state index contributed by atoms with van der Waals surface area (Å²) in [4.78, 5) is 11.9. The molecule has 0 amide bonds. The highest BCUT2D eigenvalue weighted by molar-refractivity contribution is 5.99. The summed E-state index contributed by atoms with van der Waals surface area (Å²) in [6, 6.07) is 3.91. The number of carbonyl (C=O) groups is 1. The Morgan fingerprint density at radius 1 is 1.39 bits per heavy atom. The van der Waals surface area contributed by atoms with E-state index >= 15 is 0 Å². The van der Waals surface area contributed by atoms with Crippen molar-refractivity contribution in [1.29, 1.82) is 0 Å². The molecule has 1 aliphatic rings. The van der Waals surface area contributed by atoms with Gasteiger partial charge in [-0.05, 0) is 43.0 Å². The summed E-state index contributed by atoms with van der Waals surface area (Å²) >= 11 is 0. The van der Waals surface area contributed by atoms with Gasteiger partial charge in [-0.1, -0.05) is 18.7 Å². The molecule has 1 aliphatic carbocycles. The number of benzene rings is 1. The average molecular weight is 242 g/mol. The quantitative estimate of drug-likeness (QED) is 0.753. The van der Waals surface area contributed by atoms with Crippen LogP contribution >= 0.6 is 0 Å². The SMILES string of the molecule is C=C(/C=C\C)c1cc2c(cc1OC)C(=O)CCC2. The van der Waals surface area contributed by atoms with E-state index in [2.05, 4.69) is 6.58 Å². The summed E-state index contributed by atoms with van der Waals surface area (Å²) in [6.07, 6.45) is 6.45. The first kappa shape index (κ1) is 12.6. The smallest absolute Gasteiger partial charge is 0.163 e. The molecule has 0 bridgehead atoms. The van der Waals surface area contributed by atoms with E-state index in [-0.39, 0.29) is 5.78 Å². The number of methoxy groups -OCH3 is 1. The van der Waals surface area contributed by atoms with Gasteiger partial charge in [0.25, 0.3) is 0 Å². The van der Waals surface area contributed by atoms with Crippen LogP contribution in [0, 0.1) is 0 Å². The molecule has 0 aliphatic heterocycles. The first-order valence-electron chi connectivity index (χ1n) is 6.23. The van der Waals surface area contributed by atoms with Gasteiger partial charge in [0.05, 0.1) is 7.11 Å². The fraction of sp³-hybridized carbons (Fsp3) is 0.312. The van der Waals surface area contributed by atoms with E-state index in [9.17, 15) is 4.79 Å². The molecule has 18 heavy (non-hydrogen) atoms. The lowest BCUT2D eigenvalue weighted by molar-refractivity contribution is 0.0972. The number of carbonyl (C=O) groups excluding carboxylic acids is 1. The van der Waals surface area contributed by atoms with Crippen LogP contribution in [0.2, 0.25) is 0 Å². The van der Waals surface area contributed by atoms with Crippen molar-refractivity contribution in [2.75, 3.05) is 7.11 Å². The normalized spacial score (nSPS) is 14.7. The van der Waals surface area contributed by atoms with Crippen LogP contribution in [0.3, 0.4) is 0 Å². The zero-order valence-corrected chi connectivity index (χ0v) is 11.0. The first-order chi connectivity index (χ1) is 8.67. The van der Waals surface area contributed by atoms with E-state index in [0.717, 1.165) is 40.9 Å². The summed E-state index contributed by atoms with van der Waals surface area (Å²) in [6.45, 7) is 6.00. The van der Waals surface area contributed by atoms with E-state index in [1.807, 2.05) is 31.2 Å². The molecular weight excluding hydrogens is 224 g/mol. The van der Waals surface area contributed by atoms with Crippen molar-refractivity contribution in [1.82, 2.24) is 0 Å². The lowest BCUT2D eigenvalue weighted by atomic mass is 9.87. The van der Waals surface area contributed by atoms with Gasteiger partial charge in [0.2, 0.25) is 0 Å². The Morgan fingerprint density at radius 2 is 2.17 bits per heavy atom. The van der Waals surface area contributed by atoms with Crippen molar-refractivity contribution in [3.05, 3.63) is 47.6 Å². The molecule has 0 atom stereocenters. The lowest BCUT2D eigenvalue weighted by Crippen LogP contribution is -2.11. The third-order valence-electron chi connectivity index (χ3n) is 3.29. The molecule has 94 valence electrons. The molecule has 2 heteroatoms. The second-order valence-corrected chi connectivity index (χ2v) is 4.51. The molecule has 0 N–H and O–H groups in total. The number of rotatable bonds is 3. The Balaban J connectivity index is 2.54. The van der Waals surface area contributed by atoms with E-state index < -0.39 is 0 Å². The molecule has 0 unspecified atom stereocenters. The maximum Gasteiger partial charge on any atom is 0.163 e. The van der Waals surface area contributed by atoms with Gasteiger partial charge in [-0.2, -0.15) is 0 Å². The Morgan fingerprint density at radius 3 is 2.83 bits per heavy atom. The summed E-state index contributed by atoms with van der Waals surface area (Å²) in [5, 5.41) is 0. The standard InChI is InChI=1S/C16H18O2/c1-4-6-11(2)13-9-12-7-5-8-15(17)14(12)10-16(13)18-3/h4,6,9-10H,2,5,7-8H2,1,3H3/b6-4-. The van der Waals surface area contributed by atoms with Gasteiger partial charge < -0.3 is 4.74 Å². The number of hydrogen-bond acceptors (Lipinski definition) is 2. The molecule has 0 aromatic heterocycles. The molecule has 0 saturated carbocycles. The van der Waals surface area contributed by atoms with Gasteiger partial charge in [-0.15, -0.1) is 0 Å². The number of allylic oxidation sites excluding steroid dienone is 3. The minimum atomic E-state index is 0.220. The molecule has 1 aromatic rings. The third-order valence-corrected chi connectivity index (χ3v) is 3.29. The van der Waals surface area contributed by atoms with Crippen LogP contribution in [0.25, 0.3) is 5.57 Å². The van der Waals surface area contributed by atoms with E-state index in [1.54, 1.807) is 7.11 Å². The minimum absolute atomic E-state index is 0.220. The van der Waals surface area contributed by atoms with Crippen LogP contribution in [0.4, 0.5) is 0 Å². The third kappa shape index (κ3) is 2.23. The summed E-state index contributed by atoms with van der Waals surface area (Å²) < 4.78 is 5.38. The maximum absolute atomic E-state index is 11.9. The highest BCUT2D eigenvalue weighted by Gasteiger charge is 2.20. The predicted molar refractivity (Wildman–Crippen MR) is 74.1 cm³/mol. The van der Waals surface area contributed by atoms with Gasteiger partial charge >= 0.3 is 0 Å². The first-order valence-corrected chi connectivity index (χ1v) is 6.23. The van der Waals surface area contributed by atoms with Crippen molar-refractivity contribution in [3.63, 3.8) is 0 Å². The van der Waals surface area contributed by atoms with Crippen LogP contribution in [0.5, 0.6) is 5.75 Å². The monoisotopic (exact) mass is 242 g/mol. The number of fused-ring (bicyclic) bond motifs is 1. The van der Waals surface area contributed by atoms with Crippen LogP contribution in [-0.2, 0) is 6.42 Å². The summed E-state index contributed by atoms with van der Waals surface area (Å²) in [5.74, 6) is 0.949. The number of ketones is 1. The second kappa shape index (κ2) is 5.21. The highest BCUT2D eigenvalue weighted by Crippen LogP contribution is 2.32. The van der Waals surface area contributed by atoms with Gasteiger partial charge in [0, 0.05) is 17.5 Å². The van der Waals surface area contributed by atoms with E-state index in [0.29, 0.717) is 6.42 Å². The van der Waals surface area contributed by atoms with Crippen molar-refractivity contribution >= 4 is 11.4 Å². The van der Waals surface area contributed by atoms with Crippen LogP contribution in [-0.4, -0.2) is 12.9 Å². The predicted octanol–water partition coefficient (Wildman–Crippen LogP) is 3.80. The van der Waals surface area contributed by atoms with Gasteiger partial charge in [-0.3, -0.25) is 4.79 Å². The van der Waals surface area contributed by atoms with E-state index in [1.165, 1.54) is 0 Å². The fourth-order valence-electron chi connectivity index (χ4n) is 2.38. The van der Waals surface area contributed by atoms with Gasteiger partial charge in [0.15, 0.2) is 5.78 Å². The molecule has 1 aromatic carbocycles. The highest BCUT2D eigenvalue weighted by atomic mass is 16.5. The van der Waals surface area contributed by atoms with Gasteiger partial charge in [-0.25, -0.2) is 0 Å². The molecule has 0 heterocycles. The van der Waals surface area contributed by atoms with Crippen molar-refractivity contribution in [2.24, 2.45) is 0 Å². The Labute approximate surface area is 108 Å². The Hall–Kier alpha value is -1.83. The summed E-state index contributed by atoms with van der Waals surface area (Å²) in [5.41, 5.74) is 3.82. The molecule has 0 spiro atoms. The molecule has 2 nitrogen and oxygen atoms in total. The van der Waals surface area contributed by atoms with Crippen LogP contribution in [0.1, 0.15) is 41.3 Å². The molecule has 0 fully saturated rings. The molecule has 0 radical (unpaired) electrons. The van der Waals surface area contributed by atoms with Crippen molar-refractivity contribution in [2.45, 2.75) is 26.2 Å². The number of ether oxygens (including phenoxy) is 1. The molecule has 2 rings (SSSR count). The molecular formula is C16H18O2. The second-order valence-electron chi connectivity index (χ2n) is 4.51. The zero-order valence-electron chi connectivity index (χ0n) is 11.0. The fourth-order valence-corrected chi connectivity index (χ4v) is 2.38. The average Bonchev–Trinajstić information content (AvgIpc) is 2.38. The van der Waals surface area contributed by atoms with Crippen LogP contribution in [0.15, 0.2) is 30.9 Å². The number of aryl methyl sites for hydroxylation is 1. The maximum atomic E-state index is 11.9. The Bertz CT molecular complexity index is 524. The number of hydrogen-bond donors (Lipinski definition) is 0. The topological polar surface area (TPSA) is 26.3 Å². The molecule has 0 saturated heterocycles. The lowest BCUT2D eigenvalue weighted by Gasteiger charge is -2.18. The van der Waals surface area contributed by atoms with E-state index in [4.69, 9.17) is 4.74 Å². The minimum Gasteiger partial charge on any atom is -0.496 e. The Kier molecular flexibility index (Phi) is 3.66. The van der Waals surface area contributed by atoms with Crippen LogP contribution < -0.4 is 4.74 Å². The van der Waals surface area contributed by atoms with Crippen molar-refractivity contribution in [3.8, 4) is 5.75 Å². The number of Topliss-reactive ketones (excluding diaryl/α,β-unsaturated/α-hetero) is 1. The summed E-state index contributed by atoms with van der Waals surface area (Å²) in [7, 11) is 1.63. The largest absolute Gasteiger partial charge is 0.496 e. The zero-order chi connectivity index (χ0) is 13.1. The van der Waals surface area contributed by atoms with Gasteiger partial charge in [0.1, 0.15) is 5.75 Å².